The molecule has 3 atom stereocenters. The number of nitrogens with zero attached hydrogens (tertiary/aromatic N) is 2. The minimum Gasteiger partial charge on any atom is -0.394 e. The number of rotatable bonds is 6. The Kier molecular flexibility index (Phi) is 6.15. The van der Waals surface area contributed by atoms with Gasteiger partial charge in [-0.15, -0.1) is 0 Å². The van der Waals surface area contributed by atoms with E-state index in [4.69, 9.17) is 0 Å². The third-order valence-corrected chi connectivity index (χ3v) is 5.57. The van der Waals surface area contributed by atoms with Gasteiger partial charge in [0.2, 0.25) is 5.91 Å². The highest BCUT2D eigenvalue weighted by Gasteiger charge is 2.51. The summed E-state index contributed by atoms with van der Waals surface area (Å²) in [4.78, 5) is 28.9. The van der Waals surface area contributed by atoms with Gasteiger partial charge in [0.15, 0.2) is 0 Å². The number of aliphatic hydroxyl groups is 1. The fourth-order valence-corrected chi connectivity index (χ4v) is 4.21. The van der Waals surface area contributed by atoms with Crippen LogP contribution in [0.4, 0.5) is 0 Å². The van der Waals surface area contributed by atoms with Crippen LogP contribution in [0.2, 0.25) is 0 Å². The molecule has 5 nitrogen and oxygen atoms in total. The van der Waals surface area contributed by atoms with Crippen molar-refractivity contribution in [3.05, 3.63) is 71.8 Å². The number of hydrogen-bond donors (Lipinski definition) is 1. The van der Waals surface area contributed by atoms with Gasteiger partial charge in [-0.2, -0.15) is 0 Å². The largest absolute Gasteiger partial charge is 0.394 e. The SMILES string of the molecule is CC(=O)N1[C@H](CN(C(=O)c2ccccc2)C(C)C)[C@@H](c2ccccc2)[C@@H]1CO. The Labute approximate surface area is 166 Å². The van der Waals surface area contributed by atoms with Gasteiger partial charge in [0.1, 0.15) is 0 Å². The molecule has 1 aliphatic heterocycles. The van der Waals surface area contributed by atoms with Gasteiger partial charge in [-0.05, 0) is 31.5 Å². The van der Waals surface area contributed by atoms with Crippen LogP contribution in [0.1, 0.15) is 42.6 Å². The van der Waals surface area contributed by atoms with Crippen LogP contribution in [0, 0.1) is 0 Å². The molecule has 0 aliphatic carbocycles. The Morgan fingerprint density at radius 1 is 1.00 bits per heavy atom. The number of carbonyl (C=O) groups excluding carboxylic acids is 2. The van der Waals surface area contributed by atoms with Crippen LogP contribution in [0.25, 0.3) is 0 Å². The van der Waals surface area contributed by atoms with Crippen molar-refractivity contribution in [2.45, 2.75) is 44.8 Å². The number of hydrogen-bond acceptors (Lipinski definition) is 3. The monoisotopic (exact) mass is 380 g/mol. The summed E-state index contributed by atoms with van der Waals surface area (Å²) in [6, 6.07) is 18.7. The molecular weight excluding hydrogens is 352 g/mol. The molecule has 0 bridgehead atoms. The van der Waals surface area contributed by atoms with Crippen LogP contribution in [0.5, 0.6) is 0 Å². The average molecular weight is 380 g/mol. The summed E-state index contributed by atoms with van der Waals surface area (Å²) in [6.45, 7) is 5.83. The minimum absolute atomic E-state index is 0.0000710. The summed E-state index contributed by atoms with van der Waals surface area (Å²) >= 11 is 0. The molecule has 1 aliphatic rings. The van der Waals surface area contributed by atoms with Crippen molar-refractivity contribution in [2.75, 3.05) is 13.2 Å². The standard InChI is InChI=1S/C23H28N2O3/c1-16(2)24(23(28)19-12-8-5-9-13-19)14-20-22(18-10-6-4-7-11-18)21(15-26)25(20)17(3)27/h4-13,16,20-22,26H,14-15H2,1-3H3/t20-,21+,22-/m1/s1. The molecule has 148 valence electrons. The van der Waals surface area contributed by atoms with Gasteiger partial charge < -0.3 is 14.9 Å². The normalized spacial score (nSPS) is 21.3. The van der Waals surface area contributed by atoms with E-state index >= 15 is 0 Å². The predicted octanol–water partition coefficient (Wildman–Crippen LogP) is 2.91. The van der Waals surface area contributed by atoms with Crippen LogP contribution in [-0.2, 0) is 4.79 Å². The Morgan fingerprint density at radius 3 is 2.07 bits per heavy atom. The summed E-state index contributed by atoms with van der Waals surface area (Å²) in [7, 11) is 0. The molecule has 3 rings (SSSR count). The fourth-order valence-electron chi connectivity index (χ4n) is 4.21. The molecule has 0 unspecified atom stereocenters. The van der Waals surface area contributed by atoms with Gasteiger partial charge in [0, 0.05) is 31.0 Å². The van der Waals surface area contributed by atoms with Gasteiger partial charge in [-0.25, -0.2) is 0 Å². The fraction of sp³-hybridized carbons (Fsp3) is 0.391. The summed E-state index contributed by atoms with van der Waals surface area (Å²) in [5.41, 5.74) is 1.72. The Hall–Kier alpha value is -2.66. The van der Waals surface area contributed by atoms with Crippen LogP contribution in [0.15, 0.2) is 60.7 Å². The third kappa shape index (κ3) is 3.80. The van der Waals surface area contributed by atoms with E-state index in [-0.39, 0.29) is 42.5 Å². The van der Waals surface area contributed by atoms with Crippen molar-refractivity contribution in [1.29, 1.82) is 0 Å². The molecule has 2 aromatic rings. The second-order valence-electron chi connectivity index (χ2n) is 7.60. The first-order valence-electron chi connectivity index (χ1n) is 9.76. The van der Waals surface area contributed by atoms with Gasteiger partial charge in [-0.1, -0.05) is 48.5 Å². The second-order valence-corrected chi connectivity index (χ2v) is 7.60. The first-order chi connectivity index (χ1) is 13.5. The highest BCUT2D eigenvalue weighted by Crippen LogP contribution is 2.41. The van der Waals surface area contributed by atoms with Crippen molar-refractivity contribution < 1.29 is 14.7 Å². The number of aliphatic hydroxyl groups excluding tert-OH is 1. The molecule has 0 spiro atoms. The van der Waals surface area contributed by atoms with Gasteiger partial charge in [0.05, 0.1) is 18.7 Å². The maximum Gasteiger partial charge on any atom is 0.254 e. The molecule has 1 fully saturated rings. The molecule has 0 aromatic heterocycles. The Balaban J connectivity index is 1.90. The highest BCUT2D eigenvalue weighted by atomic mass is 16.3. The molecule has 2 amide bonds. The second kappa shape index (κ2) is 8.57. The van der Waals surface area contributed by atoms with Gasteiger partial charge in [-0.3, -0.25) is 9.59 Å². The van der Waals surface area contributed by atoms with Crippen molar-refractivity contribution in [3.8, 4) is 0 Å². The lowest BCUT2D eigenvalue weighted by atomic mass is 9.74. The maximum atomic E-state index is 13.1. The van der Waals surface area contributed by atoms with Crippen LogP contribution < -0.4 is 0 Å². The van der Waals surface area contributed by atoms with Crippen molar-refractivity contribution >= 4 is 11.8 Å². The number of benzene rings is 2. The van der Waals surface area contributed by atoms with Crippen LogP contribution in [0.3, 0.4) is 0 Å². The summed E-state index contributed by atoms with van der Waals surface area (Å²) in [5, 5.41) is 9.91. The molecule has 1 N–H and O–H groups in total. The Morgan fingerprint density at radius 2 is 1.57 bits per heavy atom. The zero-order valence-corrected chi connectivity index (χ0v) is 16.7. The summed E-state index contributed by atoms with van der Waals surface area (Å²) in [5.74, 6) is -0.120. The summed E-state index contributed by atoms with van der Waals surface area (Å²) in [6.07, 6.45) is 0. The zero-order valence-electron chi connectivity index (χ0n) is 16.7. The topological polar surface area (TPSA) is 60.9 Å². The van der Waals surface area contributed by atoms with Crippen molar-refractivity contribution in [3.63, 3.8) is 0 Å². The minimum atomic E-state index is -0.259. The van der Waals surface area contributed by atoms with E-state index in [0.29, 0.717) is 12.1 Å². The molecule has 0 radical (unpaired) electrons. The average Bonchev–Trinajstić information content (AvgIpc) is 2.68. The lowest BCUT2D eigenvalue weighted by Crippen LogP contribution is -2.68. The van der Waals surface area contributed by atoms with Gasteiger partial charge in [0.25, 0.3) is 5.91 Å². The van der Waals surface area contributed by atoms with E-state index in [1.807, 2.05) is 79.4 Å². The molecule has 28 heavy (non-hydrogen) atoms. The third-order valence-electron chi connectivity index (χ3n) is 5.57. The molecule has 1 heterocycles. The molecular formula is C23H28N2O3. The smallest absolute Gasteiger partial charge is 0.254 e. The van der Waals surface area contributed by atoms with E-state index in [2.05, 4.69) is 0 Å². The van der Waals surface area contributed by atoms with Crippen LogP contribution >= 0.6 is 0 Å². The van der Waals surface area contributed by atoms with E-state index in [0.717, 1.165) is 5.56 Å². The van der Waals surface area contributed by atoms with Crippen molar-refractivity contribution in [1.82, 2.24) is 9.80 Å². The number of carbonyl (C=O) groups is 2. The van der Waals surface area contributed by atoms with Gasteiger partial charge >= 0.3 is 0 Å². The van der Waals surface area contributed by atoms with E-state index in [9.17, 15) is 14.7 Å². The zero-order chi connectivity index (χ0) is 20.3. The maximum absolute atomic E-state index is 13.1. The van der Waals surface area contributed by atoms with E-state index in [1.54, 1.807) is 4.90 Å². The predicted molar refractivity (Wildman–Crippen MR) is 109 cm³/mol. The molecule has 1 saturated heterocycles. The summed E-state index contributed by atoms with van der Waals surface area (Å²) < 4.78 is 0. The van der Waals surface area contributed by atoms with E-state index < -0.39 is 0 Å². The number of amides is 2. The Bertz CT molecular complexity index is 807. The highest BCUT2D eigenvalue weighted by molar-refractivity contribution is 5.94. The van der Waals surface area contributed by atoms with E-state index in [1.165, 1.54) is 6.92 Å². The first kappa shape index (κ1) is 20.1. The molecule has 2 aromatic carbocycles. The molecule has 0 saturated carbocycles. The quantitative estimate of drug-likeness (QED) is 0.838. The van der Waals surface area contributed by atoms with Crippen molar-refractivity contribution in [2.24, 2.45) is 0 Å². The number of likely N-dealkylation sites (tertiary alicyclic amines) is 1. The lowest BCUT2D eigenvalue weighted by molar-refractivity contribution is -0.149. The van der Waals surface area contributed by atoms with Crippen LogP contribution in [-0.4, -0.2) is 58.0 Å². The lowest BCUT2D eigenvalue weighted by Gasteiger charge is -2.56. The first-order valence-corrected chi connectivity index (χ1v) is 9.76. The molecule has 5 heteroatoms.